The Labute approximate surface area is 160 Å². The molecule has 8 heteroatoms. The fourth-order valence-corrected chi connectivity index (χ4v) is 3.26. The SMILES string of the molecule is Nc1cc(OCc2cccc3c2ncn3Cc2ccccc2)c2n[nH]nc2n1. The summed E-state index contributed by atoms with van der Waals surface area (Å²) in [7, 11) is 0. The highest BCUT2D eigenvalue weighted by Crippen LogP contribution is 2.25. The highest BCUT2D eigenvalue weighted by molar-refractivity contribution is 5.80. The van der Waals surface area contributed by atoms with Gasteiger partial charge in [-0.2, -0.15) is 10.3 Å². The normalized spacial score (nSPS) is 11.3. The van der Waals surface area contributed by atoms with Crippen LogP contribution in [0.25, 0.3) is 22.2 Å². The number of anilines is 1. The quantitative estimate of drug-likeness (QED) is 0.492. The summed E-state index contributed by atoms with van der Waals surface area (Å²) in [6.45, 7) is 1.10. The highest BCUT2D eigenvalue weighted by atomic mass is 16.5. The van der Waals surface area contributed by atoms with Crippen LogP contribution in [0.2, 0.25) is 0 Å². The molecule has 0 saturated heterocycles. The van der Waals surface area contributed by atoms with E-state index in [9.17, 15) is 0 Å². The molecular weight excluding hydrogens is 354 g/mol. The molecule has 5 aromatic rings. The van der Waals surface area contributed by atoms with Crippen molar-refractivity contribution >= 4 is 28.0 Å². The van der Waals surface area contributed by atoms with Gasteiger partial charge in [0.15, 0.2) is 11.3 Å². The molecule has 0 aliphatic heterocycles. The summed E-state index contributed by atoms with van der Waals surface area (Å²) < 4.78 is 8.12. The number of ether oxygens (including phenoxy) is 1. The van der Waals surface area contributed by atoms with E-state index in [1.807, 2.05) is 36.7 Å². The summed E-state index contributed by atoms with van der Waals surface area (Å²) in [5.41, 5.74) is 11.0. The molecule has 3 aromatic heterocycles. The molecule has 0 unspecified atom stereocenters. The number of nitrogens with two attached hydrogens (primary N) is 1. The lowest BCUT2D eigenvalue weighted by Gasteiger charge is -2.09. The van der Waals surface area contributed by atoms with Gasteiger partial charge in [-0.05, 0) is 11.6 Å². The van der Waals surface area contributed by atoms with Crippen LogP contribution in [0.4, 0.5) is 5.82 Å². The van der Waals surface area contributed by atoms with Gasteiger partial charge < -0.3 is 15.0 Å². The van der Waals surface area contributed by atoms with Crippen LogP contribution in [-0.4, -0.2) is 29.9 Å². The van der Waals surface area contributed by atoms with Gasteiger partial charge in [-0.3, -0.25) is 0 Å². The monoisotopic (exact) mass is 371 g/mol. The molecule has 0 spiro atoms. The number of pyridine rings is 1. The molecule has 5 rings (SSSR count). The number of H-pyrrole nitrogens is 1. The van der Waals surface area contributed by atoms with Gasteiger partial charge in [0.25, 0.3) is 0 Å². The van der Waals surface area contributed by atoms with Gasteiger partial charge >= 0.3 is 0 Å². The molecule has 3 heterocycles. The Hall–Kier alpha value is -3.94. The third kappa shape index (κ3) is 2.90. The van der Waals surface area contributed by atoms with Gasteiger partial charge in [-0.1, -0.05) is 42.5 Å². The van der Waals surface area contributed by atoms with Crippen molar-refractivity contribution in [2.24, 2.45) is 0 Å². The molecule has 0 aliphatic carbocycles. The number of imidazole rings is 1. The summed E-state index contributed by atoms with van der Waals surface area (Å²) in [5, 5.41) is 10.6. The number of nitrogen functional groups attached to an aromatic ring is 1. The molecule has 0 saturated carbocycles. The van der Waals surface area contributed by atoms with Crippen molar-refractivity contribution in [3.8, 4) is 5.75 Å². The zero-order valence-electron chi connectivity index (χ0n) is 14.9. The van der Waals surface area contributed by atoms with Crippen molar-refractivity contribution in [3.63, 3.8) is 0 Å². The second-order valence-electron chi connectivity index (χ2n) is 6.47. The van der Waals surface area contributed by atoms with E-state index in [2.05, 4.69) is 48.1 Å². The van der Waals surface area contributed by atoms with E-state index in [0.717, 1.165) is 23.1 Å². The number of rotatable bonds is 5. The van der Waals surface area contributed by atoms with Crippen molar-refractivity contribution in [1.82, 2.24) is 29.9 Å². The van der Waals surface area contributed by atoms with Crippen molar-refractivity contribution in [1.29, 1.82) is 0 Å². The Bertz CT molecular complexity index is 1260. The molecule has 0 atom stereocenters. The molecule has 0 aliphatic rings. The van der Waals surface area contributed by atoms with E-state index in [1.54, 1.807) is 6.07 Å². The summed E-state index contributed by atoms with van der Waals surface area (Å²) in [6, 6.07) is 18.0. The van der Waals surface area contributed by atoms with E-state index >= 15 is 0 Å². The van der Waals surface area contributed by atoms with Gasteiger partial charge in [-0.15, -0.1) is 5.10 Å². The molecule has 0 bridgehead atoms. The third-order valence-electron chi connectivity index (χ3n) is 4.59. The van der Waals surface area contributed by atoms with Crippen LogP contribution in [-0.2, 0) is 13.2 Å². The molecule has 0 fully saturated rings. The molecule has 0 radical (unpaired) electrons. The average Bonchev–Trinajstić information content (AvgIpc) is 3.34. The lowest BCUT2D eigenvalue weighted by molar-refractivity contribution is 0.310. The Morgan fingerprint density at radius 3 is 2.79 bits per heavy atom. The Balaban J connectivity index is 1.44. The summed E-state index contributed by atoms with van der Waals surface area (Å²) in [6.07, 6.45) is 1.86. The van der Waals surface area contributed by atoms with Crippen LogP contribution in [0, 0.1) is 0 Å². The number of benzene rings is 2. The molecule has 138 valence electrons. The predicted molar refractivity (Wildman–Crippen MR) is 106 cm³/mol. The number of aromatic nitrogens is 6. The van der Waals surface area contributed by atoms with Crippen molar-refractivity contribution in [3.05, 3.63) is 72.1 Å². The van der Waals surface area contributed by atoms with E-state index < -0.39 is 0 Å². The number of nitrogens with zero attached hydrogens (tertiary/aromatic N) is 5. The first-order chi connectivity index (χ1) is 13.8. The minimum atomic E-state index is 0.335. The summed E-state index contributed by atoms with van der Waals surface area (Å²) >= 11 is 0. The minimum Gasteiger partial charge on any atom is -0.486 e. The van der Waals surface area contributed by atoms with Crippen molar-refractivity contribution in [2.75, 3.05) is 5.73 Å². The van der Waals surface area contributed by atoms with Crippen LogP contribution in [0.15, 0.2) is 60.9 Å². The summed E-state index contributed by atoms with van der Waals surface area (Å²) in [5.74, 6) is 0.874. The van der Waals surface area contributed by atoms with Gasteiger partial charge in [0, 0.05) is 18.2 Å². The number of hydrogen-bond donors (Lipinski definition) is 2. The number of fused-ring (bicyclic) bond motifs is 2. The molecule has 28 heavy (non-hydrogen) atoms. The summed E-state index contributed by atoms with van der Waals surface area (Å²) in [4.78, 5) is 8.73. The van der Waals surface area contributed by atoms with Gasteiger partial charge in [-0.25, -0.2) is 9.97 Å². The van der Waals surface area contributed by atoms with Crippen LogP contribution in [0.3, 0.4) is 0 Å². The van der Waals surface area contributed by atoms with E-state index in [1.165, 1.54) is 5.56 Å². The smallest absolute Gasteiger partial charge is 0.207 e. The van der Waals surface area contributed by atoms with E-state index in [4.69, 9.17) is 10.5 Å². The zero-order valence-corrected chi connectivity index (χ0v) is 14.9. The molecular formula is C20H17N7O. The van der Waals surface area contributed by atoms with Crippen molar-refractivity contribution in [2.45, 2.75) is 13.2 Å². The maximum Gasteiger partial charge on any atom is 0.207 e. The molecule has 0 amide bonds. The lowest BCUT2D eigenvalue weighted by atomic mass is 10.2. The van der Waals surface area contributed by atoms with E-state index in [0.29, 0.717) is 29.3 Å². The van der Waals surface area contributed by atoms with E-state index in [-0.39, 0.29) is 0 Å². The van der Waals surface area contributed by atoms with Gasteiger partial charge in [0.2, 0.25) is 5.65 Å². The Morgan fingerprint density at radius 1 is 1.00 bits per heavy atom. The maximum absolute atomic E-state index is 5.99. The van der Waals surface area contributed by atoms with Gasteiger partial charge in [0.1, 0.15) is 12.4 Å². The van der Waals surface area contributed by atoms with Crippen LogP contribution in [0.1, 0.15) is 11.1 Å². The number of nitrogens with one attached hydrogen (secondary N) is 1. The average molecular weight is 371 g/mol. The molecule has 3 N–H and O–H groups in total. The molecule has 2 aromatic carbocycles. The number of aromatic amines is 1. The lowest BCUT2D eigenvalue weighted by Crippen LogP contribution is -2.00. The Kier molecular flexibility index (Phi) is 3.86. The maximum atomic E-state index is 5.99. The van der Waals surface area contributed by atoms with Crippen LogP contribution < -0.4 is 10.5 Å². The third-order valence-corrected chi connectivity index (χ3v) is 4.59. The number of para-hydroxylation sites is 1. The predicted octanol–water partition coefficient (Wildman–Crippen LogP) is 2.91. The van der Waals surface area contributed by atoms with Crippen molar-refractivity contribution < 1.29 is 4.74 Å². The fraction of sp³-hybridized carbons (Fsp3) is 0.100. The highest BCUT2D eigenvalue weighted by Gasteiger charge is 2.12. The first kappa shape index (κ1) is 16.2. The second-order valence-corrected chi connectivity index (χ2v) is 6.47. The first-order valence-electron chi connectivity index (χ1n) is 8.84. The largest absolute Gasteiger partial charge is 0.486 e. The van der Waals surface area contributed by atoms with Crippen LogP contribution in [0.5, 0.6) is 5.75 Å². The molecule has 8 nitrogen and oxygen atoms in total. The first-order valence-corrected chi connectivity index (χ1v) is 8.84. The second kappa shape index (κ2) is 6.66. The zero-order chi connectivity index (χ0) is 18.9. The van der Waals surface area contributed by atoms with Gasteiger partial charge in [0.05, 0.1) is 17.4 Å². The topological polar surface area (TPSA) is 108 Å². The fourth-order valence-electron chi connectivity index (χ4n) is 3.26. The number of hydrogen-bond acceptors (Lipinski definition) is 6. The minimum absolute atomic E-state index is 0.335. The van der Waals surface area contributed by atoms with Crippen LogP contribution >= 0.6 is 0 Å². The Morgan fingerprint density at radius 2 is 1.89 bits per heavy atom. The standard InChI is InChI=1S/C20H17N7O/c21-17-9-16(19-20(23-17)25-26-24-19)28-11-14-7-4-8-15-18(14)22-12-27(15)10-13-5-2-1-3-6-13/h1-9,12H,10-11H2,(H3,21,23,24,25,26).